The van der Waals surface area contributed by atoms with E-state index in [0.717, 1.165) is 58.7 Å². The van der Waals surface area contributed by atoms with Gasteiger partial charge in [0, 0.05) is 39.8 Å². The van der Waals surface area contributed by atoms with Gasteiger partial charge in [-0.15, -0.1) is 24.8 Å². The highest BCUT2D eigenvalue weighted by Crippen LogP contribution is 2.32. The van der Waals surface area contributed by atoms with Crippen LogP contribution in [-0.4, -0.2) is 68.7 Å². The molecule has 2 heterocycles. The van der Waals surface area contributed by atoms with Crippen LogP contribution >= 0.6 is 24.8 Å². The molecule has 2 aliphatic rings. The van der Waals surface area contributed by atoms with Crippen molar-refractivity contribution in [3.63, 3.8) is 0 Å². The molecule has 0 atom stereocenters. The molecule has 7 heteroatoms. The Labute approximate surface area is 191 Å². The summed E-state index contributed by atoms with van der Waals surface area (Å²) in [6.07, 6.45) is 1.74. The number of carbonyl (C=O) groups is 1. The number of ether oxygens (including phenoxy) is 1. The second-order valence-electron chi connectivity index (χ2n) is 8.17. The van der Waals surface area contributed by atoms with Crippen molar-refractivity contribution in [3.05, 3.63) is 48.0 Å². The molecule has 4 rings (SSSR count). The van der Waals surface area contributed by atoms with Gasteiger partial charge in [-0.05, 0) is 42.3 Å². The normalized spacial score (nSPS) is 19.0. The highest BCUT2D eigenvalue weighted by atomic mass is 35.5. The van der Waals surface area contributed by atoms with Crippen LogP contribution in [0.1, 0.15) is 18.4 Å². The maximum absolute atomic E-state index is 13.3. The Kier molecular flexibility index (Phi) is 9.38. The number of carbonyl (C=O) groups excluding carboxylic acids is 1. The van der Waals surface area contributed by atoms with Gasteiger partial charge in [-0.25, -0.2) is 0 Å². The lowest BCUT2D eigenvalue weighted by Gasteiger charge is -2.42. The maximum atomic E-state index is 13.3. The second kappa shape index (κ2) is 11.3. The number of halogens is 2. The van der Waals surface area contributed by atoms with Crippen LogP contribution in [0.25, 0.3) is 10.8 Å². The molecule has 0 saturated carbocycles. The molecule has 1 amide bonds. The van der Waals surface area contributed by atoms with Crippen molar-refractivity contribution in [1.82, 2.24) is 15.1 Å². The number of methoxy groups -OCH3 is 1. The van der Waals surface area contributed by atoms with Crippen LogP contribution in [-0.2, 0) is 16.1 Å². The molecule has 0 aliphatic carbocycles. The fourth-order valence-corrected chi connectivity index (χ4v) is 4.72. The lowest BCUT2D eigenvalue weighted by Crippen LogP contribution is -2.56. The van der Waals surface area contributed by atoms with Crippen molar-refractivity contribution >= 4 is 41.5 Å². The number of nitrogens with one attached hydrogen (secondary N) is 1. The molecule has 2 aromatic carbocycles. The van der Waals surface area contributed by atoms with E-state index in [4.69, 9.17) is 4.74 Å². The van der Waals surface area contributed by atoms with E-state index in [9.17, 15) is 4.79 Å². The second-order valence-corrected chi connectivity index (χ2v) is 8.17. The van der Waals surface area contributed by atoms with Gasteiger partial charge in [0.05, 0.1) is 12.0 Å². The summed E-state index contributed by atoms with van der Waals surface area (Å²) in [6, 6.07) is 15.1. The van der Waals surface area contributed by atoms with E-state index in [1.54, 1.807) is 7.11 Å². The number of hydrogen-bond acceptors (Lipinski definition) is 4. The number of rotatable bonds is 5. The number of amides is 1. The van der Waals surface area contributed by atoms with Crippen LogP contribution in [0.4, 0.5) is 0 Å². The Balaban J connectivity index is 0.00000160. The first-order chi connectivity index (χ1) is 13.7. The molecule has 0 aromatic heterocycles. The molecule has 166 valence electrons. The van der Waals surface area contributed by atoms with Gasteiger partial charge in [0.1, 0.15) is 0 Å². The third-order valence-corrected chi connectivity index (χ3v) is 6.37. The summed E-state index contributed by atoms with van der Waals surface area (Å²) in [5.41, 5.74) is 1.03. The van der Waals surface area contributed by atoms with Crippen LogP contribution in [0, 0.1) is 5.41 Å². The lowest BCUT2D eigenvalue weighted by molar-refractivity contribution is -0.149. The fraction of sp³-hybridized carbons (Fsp3) is 0.522. The third kappa shape index (κ3) is 5.27. The van der Waals surface area contributed by atoms with Crippen molar-refractivity contribution in [2.24, 2.45) is 5.41 Å². The predicted molar refractivity (Wildman–Crippen MR) is 127 cm³/mol. The molecule has 0 radical (unpaired) electrons. The van der Waals surface area contributed by atoms with Gasteiger partial charge >= 0.3 is 0 Å². The number of hydrogen-bond donors (Lipinski definition) is 1. The minimum atomic E-state index is -0.336. The monoisotopic (exact) mass is 453 g/mol. The molecule has 0 spiro atoms. The first kappa shape index (κ1) is 24.9. The minimum absolute atomic E-state index is 0. The Morgan fingerprint density at radius 2 is 1.67 bits per heavy atom. The SMILES string of the molecule is COCC1(C(=O)N2CCN(Cc3cccc4ccccc34)CC2)CCNCC1.Cl.Cl. The van der Waals surface area contributed by atoms with E-state index in [0.29, 0.717) is 12.5 Å². The molecule has 5 nitrogen and oxygen atoms in total. The summed E-state index contributed by atoms with van der Waals surface area (Å²) in [5.74, 6) is 0.292. The standard InChI is InChI=1S/C23H31N3O2.2ClH/c1-28-18-23(9-11-24-12-10-23)22(27)26-15-13-25(14-16-26)17-20-7-4-6-19-5-2-3-8-21(19)20;;/h2-8,24H,9-18H2,1H3;2*1H. The van der Waals surface area contributed by atoms with Gasteiger partial charge in [0.15, 0.2) is 0 Å². The summed E-state index contributed by atoms with van der Waals surface area (Å²) in [5, 5.41) is 5.99. The molecule has 30 heavy (non-hydrogen) atoms. The smallest absolute Gasteiger partial charge is 0.231 e. The minimum Gasteiger partial charge on any atom is -0.384 e. The highest BCUT2D eigenvalue weighted by molar-refractivity contribution is 5.86. The topological polar surface area (TPSA) is 44.8 Å². The van der Waals surface area contributed by atoms with Crippen LogP contribution < -0.4 is 5.32 Å². The van der Waals surface area contributed by atoms with Crippen LogP contribution in [0.2, 0.25) is 0 Å². The zero-order chi connectivity index (χ0) is 19.4. The molecule has 2 fully saturated rings. The Bertz CT molecular complexity index is 808. The quantitative estimate of drug-likeness (QED) is 0.753. The van der Waals surface area contributed by atoms with Crippen molar-refractivity contribution in [3.8, 4) is 0 Å². The van der Waals surface area contributed by atoms with E-state index >= 15 is 0 Å². The zero-order valence-electron chi connectivity index (χ0n) is 17.6. The van der Waals surface area contributed by atoms with Gasteiger partial charge in [0.25, 0.3) is 0 Å². The summed E-state index contributed by atoms with van der Waals surface area (Å²) >= 11 is 0. The van der Waals surface area contributed by atoms with E-state index in [1.807, 2.05) is 0 Å². The molecule has 0 bridgehead atoms. The number of benzene rings is 2. The van der Waals surface area contributed by atoms with E-state index in [2.05, 4.69) is 57.6 Å². The molecule has 2 aromatic rings. The average Bonchev–Trinajstić information content (AvgIpc) is 2.75. The fourth-order valence-electron chi connectivity index (χ4n) is 4.72. The first-order valence-electron chi connectivity index (χ1n) is 10.4. The van der Waals surface area contributed by atoms with E-state index in [1.165, 1.54) is 16.3 Å². The summed E-state index contributed by atoms with van der Waals surface area (Å²) in [6.45, 7) is 6.74. The van der Waals surface area contributed by atoms with Crippen molar-refractivity contribution in [2.75, 3.05) is 53.0 Å². The third-order valence-electron chi connectivity index (χ3n) is 6.37. The van der Waals surface area contributed by atoms with Crippen molar-refractivity contribution < 1.29 is 9.53 Å². The van der Waals surface area contributed by atoms with E-state index < -0.39 is 0 Å². The average molecular weight is 454 g/mol. The maximum Gasteiger partial charge on any atom is 0.231 e. The molecular weight excluding hydrogens is 421 g/mol. The number of piperazine rings is 1. The van der Waals surface area contributed by atoms with Gasteiger partial charge in [-0.3, -0.25) is 9.69 Å². The van der Waals surface area contributed by atoms with Crippen LogP contribution in [0.5, 0.6) is 0 Å². The summed E-state index contributed by atoms with van der Waals surface area (Å²) in [4.78, 5) is 17.8. The van der Waals surface area contributed by atoms with Crippen LogP contribution in [0.15, 0.2) is 42.5 Å². The van der Waals surface area contributed by atoms with Gasteiger partial charge in [-0.1, -0.05) is 42.5 Å². The zero-order valence-corrected chi connectivity index (χ0v) is 19.3. The van der Waals surface area contributed by atoms with Gasteiger partial charge in [0.2, 0.25) is 5.91 Å². The Hall–Kier alpha value is -1.37. The summed E-state index contributed by atoms with van der Waals surface area (Å²) in [7, 11) is 1.71. The van der Waals surface area contributed by atoms with E-state index in [-0.39, 0.29) is 30.2 Å². The Morgan fingerprint density at radius 3 is 2.37 bits per heavy atom. The molecule has 2 aliphatic heterocycles. The first-order valence-corrected chi connectivity index (χ1v) is 10.4. The van der Waals surface area contributed by atoms with Gasteiger partial charge < -0.3 is 15.0 Å². The van der Waals surface area contributed by atoms with Crippen LogP contribution in [0.3, 0.4) is 0 Å². The highest BCUT2D eigenvalue weighted by Gasteiger charge is 2.42. The summed E-state index contributed by atoms with van der Waals surface area (Å²) < 4.78 is 5.45. The Morgan fingerprint density at radius 1 is 1.00 bits per heavy atom. The number of nitrogens with zero attached hydrogens (tertiary/aromatic N) is 2. The number of fused-ring (bicyclic) bond motifs is 1. The van der Waals surface area contributed by atoms with Crippen molar-refractivity contribution in [1.29, 1.82) is 0 Å². The lowest BCUT2D eigenvalue weighted by atomic mass is 9.78. The molecular formula is C23H33Cl2N3O2. The van der Waals surface area contributed by atoms with Gasteiger partial charge in [-0.2, -0.15) is 0 Å². The molecule has 2 saturated heterocycles. The largest absolute Gasteiger partial charge is 0.384 e. The molecule has 0 unspecified atom stereocenters. The predicted octanol–water partition coefficient (Wildman–Crippen LogP) is 3.34. The number of piperidine rings is 1. The van der Waals surface area contributed by atoms with Crippen molar-refractivity contribution in [2.45, 2.75) is 19.4 Å². The molecule has 1 N–H and O–H groups in total.